The topological polar surface area (TPSA) is 50.4 Å². The number of benzene rings is 1. The Morgan fingerprint density at radius 2 is 2.13 bits per heavy atom. The van der Waals surface area contributed by atoms with Crippen molar-refractivity contribution in [2.75, 3.05) is 0 Å². The molecular weight excluding hydrogens is 193 g/mol. The second kappa shape index (κ2) is 5.34. The fourth-order valence-electron chi connectivity index (χ4n) is 1.14. The lowest BCUT2D eigenvalue weighted by Gasteiger charge is -2.08. The predicted octanol–water partition coefficient (Wildman–Crippen LogP) is 1.64. The van der Waals surface area contributed by atoms with Gasteiger partial charge in [0.05, 0.1) is 6.54 Å². The number of rotatable bonds is 3. The van der Waals surface area contributed by atoms with Crippen molar-refractivity contribution < 1.29 is 4.39 Å². The van der Waals surface area contributed by atoms with Crippen molar-refractivity contribution in [3.8, 4) is 0 Å². The minimum Gasteiger partial charge on any atom is -0.370 e. The highest BCUT2D eigenvalue weighted by atomic mass is 19.1. The quantitative estimate of drug-likeness (QED) is 0.587. The van der Waals surface area contributed by atoms with Crippen molar-refractivity contribution in [3.63, 3.8) is 0 Å². The van der Waals surface area contributed by atoms with Gasteiger partial charge in [-0.3, -0.25) is 0 Å². The minimum absolute atomic E-state index is 0.231. The van der Waals surface area contributed by atoms with E-state index in [-0.39, 0.29) is 18.4 Å². The zero-order valence-corrected chi connectivity index (χ0v) is 9.00. The first-order chi connectivity index (χ1) is 7.09. The van der Waals surface area contributed by atoms with E-state index in [1.165, 1.54) is 6.07 Å². The molecule has 0 aliphatic heterocycles. The molecule has 0 bridgehead atoms. The van der Waals surface area contributed by atoms with E-state index < -0.39 is 0 Å². The normalized spacial score (nSPS) is 11.9. The first kappa shape index (κ1) is 11.5. The predicted molar refractivity (Wildman–Crippen MR) is 60.0 cm³/mol. The van der Waals surface area contributed by atoms with Crippen LogP contribution >= 0.6 is 0 Å². The number of halogens is 1. The lowest BCUT2D eigenvalue weighted by Crippen LogP contribution is -2.36. The third-order valence-electron chi connectivity index (χ3n) is 1.81. The summed E-state index contributed by atoms with van der Waals surface area (Å²) in [6, 6.07) is 6.77. The van der Waals surface area contributed by atoms with Gasteiger partial charge < -0.3 is 11.1 Å². The van der Waals surface area contributed by atoms with E-state index in [4.69, 9.17) is 5.73 Å². The molecule has 15 heavy (non-hydrogen) atoms. The SMILES string of the molecule is CC(C)NC(N)=NCc1ccccc1F. The maximum Gasteiger partial charge on any atom is 0.189 e. The summed E-state index contributed by atoms with van der Waals surface area (Å²) in [7, 11) is 0. The van der Waals surface area contributed by atoms with Gasteiger partial charge in [-0.15, -0.1) is 0 Å². The lowest BCUT2D eigenvalue weighted by atomic mass is 10.2. The van der Waals surface area contributed by atoms with Crippen molar-refractivity contribution in [2.45, 2.75) is 26.4 Å². The Morgan fingerprint density at radius 1 is 1.47 bits per heavy atom. The van der Waals surface area contributed by atoms with Gasteiger partial charge in [0.25, 0.3) is 0 Å². The van der Waals surface area contributed by atoms with E-state index in [2.05, 4.69) is 10.3 Å². The van der Waals surface area contributed by atoms with Crippen LogP contribution in [0.5, 0.6) is 0 Å². The molecule has 1 aromatic rings. The van der Waals surface area contributed by atoms with Gasteiger partial charge >= 0.3 is 0 Å². The maximum atomic E-state index is 13.2. The standard InChI is InChI=1S/C11H16FN3/c1-8(2)15-11(13)14-7-9-5-3-4-6-10(9)12/h3-6,8H,7H2,1-2H3,(H3,13,14,15). The maximum absolute atomic E-state index is 13.2. The molecule has 3 N–H and O–H groups in total. The zero-order chi connectivity index (χ0) is 11.3. The van der Waals surface area contributed by atoms with Crippen LogP contribution in [0, 0.1) is 5.82 Å². The highest BCUT2D eigenvalue weighted by Gasteiger charge is 1.99. The number of hydrogen-bond donors (Lipinski definition) is 2. The molecule has 82 valence electrons. The van der Waals surface area contributed by atoms with Crippen molar-refractivity contribution >= 4 is 5.96 Å². The Balaban J connectivity index is 2.60. The van der Waals surface area contributed by atoms with Crippen LogP contribution in [-0.4, -0.2) is 12.0 Å². The van der Waals surface area contributed by atoms with Crippen LogP contribution in [0.3, 0.4) is 0 Å². The largest absolute Gasteiger partial charge is 0.370 e. The van der Waals surface area contributed by atoms with Gasteiger partial charge in [-0.1, -0.05) is 18.2 Å². The second-order valence-corrected chi connectivity index (χ2v) is 3.59. The first-order valence-electron chi connectivity index (χ1n) is 4.89. The van der Waals surface area contributed by atoms with Crippen LogP contribution in [0.25, 0.3) is 0 Å². The summed E-state index contributed by atoms with van der Waals surface area (Å²) in [6.07, 6.45) is 0. The summed E-state index contributed by atoms with van der Waals surface area (Å²) in [5.41, 5.74) is 6.14. The van der Waals surface area contributed by atoms with E-state index in [9.17, 15) is 4.39 Å². The molecule has 0 aliphatic rings. The van der Waals surface area contributed by atoms with Crippen molar-refractivity contribution in [1.29, 1.82) is 0 Å². The van der Waals surface area contributed by atoms with E-state index >= 15 is 0 Å². The van der Waals surface area contributed by atoms with Gasteiger partial charge in [0.1, 0.15) is 5.82 Å². The fourth-order valence-corrected chi connectivity index (χ4v) is 1.14. The third-order valence-corrected chi connectivity index (χ3v) is 1.81. The molecule has 1 aromatic carbocycles. The van der Waals surface area contributed by atoms with Crippen LogP contribution in [-0.2, 0) is 6.54 Å². The molecule has 0 saturated heterocycles. The minimum atomic E-state index is -0.251. The number of nitrogens with one attached hydrogen (secondary N) is 1. The van der Waals surface area contributed by atoms with Crippen LogP contribution in [0.4, 0.5) is 4.39 Å². The van der Waals surface area contributed by atoms with E-state index in [1.54, 1.807) is 18.2 Å². The molecular formula is C11H16FN3. The highest BCUT2D eigenvalue weighted by Crippen LogP contribution is 2.06. The van der Waals surface area contributed by atoms with Gasteiger partial charge in [0, 0.05) is 11.6 Å². The smallest absolute Gasteiger partial charge is 0.189 e. The summed E-state index contributed by atoms with van der Waals surface area (Å²) >= 11 is 0. The molecule has 0 aromatic heterocycles. The summed E-state index contributed by atoms with van der Waals surface area (Å²) in [6.45, 7) is 4.19. The molecule has 0 spiro atoms. The average molecular weight is 209 g/mol. The Labute approximate surface area is 89.2 Å². The van der Waals surface area contributed by atoms with E-state index in [0.717, 1.165) is 0 Å². The molecule has 0 atom stereocenters. The van der Waals surface area contributed by atoms with Gasteiger partial charge in [-0.2, -0.15) is 0 Å². The molecule has 0 saturated carbocycles. The van der Waals surface area contributed by atoms with Crippen molar-refractivity contribution in [2.24, 2.45) is 10.7 Å². The Morgan fingerprint density at radius 3 is 2.73 bits per heavy atom. The number of nitrogens with two attached hydrogens (primary N) is 1. The van der Waals surface area contributed by atoms with Gasteiger partial charge in [0.15, 0.2) is 5.96 Å². The monoisotopic (exact) mass is 209 g/mol. The molecule has 1 rings (SSSR count). The van der Waals surface area contributed by atoms with Crippen LogP contribution in [0.2, 0.25) is 0 Å². The molecule has 3 nitrogen and oxygen atoms in total. The molecule has 0 aliphatic carbocycles. The summed E-state index contributed by atoms with van der Waals surface area (Å²) in [5, 5.41) is 2.94. The summed E-state index contributed by atoms with van der Waals surface area (Å²) in [4.78, 5) is 4.04. The highest BCUT2D eigenvalue weighted by molar-refractivity contribution is 5.78. The van der Waals surface area contributed by atoms with Gasteiger partial charge in [-0.25, -0.2) is 9.38 Å². The van der Waals surface area contributed by atoms with Gasteiger partial charge in [0.2, 0.25) is 0 Å². The van der Waals surface area contributed by atoms with Crippen LogP contribution in [0.1, 0.15) is 19.4 Å². The number of hydrogen-bond acceptors (Lipinski definition) is 1. The lowest BCUT2D eigenvalue weighted by molar-refractivity contribution is 0.610. The first-order valence-corrected chi connectivity index (χ1v) is 4.89. The summed E-state index contributed by atoms with van der Waals surface area (Å²) < 4.78 is 13.2. The molecule has 0 radical (unpaired) electrons. The third kappa shape index (κ3) is 3.97. The van der Waals surface area contributed by atoms with Crippen LogP contribution in [0.15, 0.2) is 29.3 Å². The Kier molecular flexibility index (Phi) is 4.09. The van der Waals surface area contributed by atoms with Crippen molar-refractivity contribution in [3.05, 3.63) is 35.6 Å². The van der Waals surface area contributed by atoms with E-state index in [1.807, 2.05) is 13.8 Å². The van der Waals surface area contributed by atoms with E-state index in [0.29, 0.717) is 11.5 Å². The molecule has 0 unspecified atom stereocenters. The zero-order valence-electron chi connectivity index (χ0n) is 9.00. The molecule has 4 heteroatoms. The Bertz CT molecular complexity index is 347. The van der Waals surface area contributed by atoms with Gasteiger partial charge in [-0.05, 0) is 19.9 Å². The Hall–Kier alpha value is -1.58. The fraction of sp³-hybridized carbons (Fsp3) is 0.364. The summed E-state index contributed by atoms with van der Waals surface area (Å²) in [5.74, 6) is 0.0897. The average Bonchev–Trinajstić information content (AvgIpc) is 2.15. The molecule has 0 heterocycles. The number of aliphatic imine (C=N–C) groups is 1. The second-order valence-electron chi connectivity index (χ2n) is 3.59. The molecule has 0 fully saturated rings. The van der Waals surface area contributed by atoms with Crippen LogP contribution < -0.4 is 11.1 Å². The number of nitrogens with zero attached hydrogens (tertiary/aromatic N) is 1. The van der Waals surface area contributed by atoms with Crippen molar-refractivity contribution in [1.82, 2.24) is 5.32 Å². The molecule has 0 amide bonds. The number of guanidine groups is 1.